The number of carbonyl (C=O) groups excluding carboxylic acids is 1. The fourth-order valence-electron chi connectivity index (χ4n) is 2.55. The van der Waals surface area contributed by atoms with Crippen LogP contribution in [0.5, 0.6) is 0 Å². The van der Waals surface area contributed by atoms with Crippen LogP contribution in [-0.2, 0) is 9.53 Å². The first kappa shape index (κ1) is 29.6. The van der Waals surface area contributed by atoms with Gasteiger partial charge in [-0.1, -0.05) is 26.7 Å². The van der Waals surface area contributed by atoms with Crippen LogP contribution < -0.4 is 0 Å². The highest BCUT2D eigenvalue weighted by Crippen LogP contribution is 2.67. The van der Waals surface area contributed by atoms with Crippen molar-refractivity contribution in [2.45, 2.75) is 76.3 Å². The van der Waals surface area contributed by atoms with E-state index >= 15 is 0 Å². The normalized spacial score (nSPS) is 15.7. The summed E-state index contributed by atoms with van der Waals surface area (Å²) in [5.74, 6) is -16.6. The molecule has 0 saturated heterocycles. The van der Waals surface area contributed by atoms with Crippen LogP contribution >= 0.6 is 0 Å². The van der Waals surface area contributed by atoms with Gasteiger partial charge in [-0.05, 0) is 19.3 Å². The van der Waals surface area contributed by atoms with Crippen molar-refractivity contribution in [3.05, 3.63) is 0 Å². The summed E-state index contributed by atoms with van der Waals surface area (Å²) in [6.07, 6.45) is -26.9. The Morgan fingerprint density at radius 3 is 1.52 bits per heavy atom. The molecule has 0 aliphatic carbocycles. The van der Waals surface area contributed by atoms with Crippen LogP contribution in [0.2, 0.25) is 0 Å². The summed E-state index contributed by atoms with van der Waals surface area (Å²) >= 11 is 0. The maximum absolute atomic E-state index is 13.8. The second-order valence-electron chi connectivity index (χ2n) is 6.83. The van der Waals surface area contributed by atoms with Gasteiger partial charge in [-0.2, -0.15) is 57.1 Å². The molecule has 1 atom stereocenters. The van der Waals surface area contributed by atoms with Crippen LogP contribution in [-0.4, -0.2) is 43.0 Å². The molecule has 31 heavy (non-hydrogen) atoms. The van der Waals surface area contributed by atoms with Gasteiger partial charge < -0.3 is 4.74 Å². The third-order valence-electron chi connectivity index (χ3n) is 4.71. The predicted octanol–water partition coefficient (Wildman–Crippen LogP) is 7.08. The van der Waals surface area contributed by atoms with Gasteiger partial charge in [-0.25, -0.2) is 0 Å². The van der Waals surface area contributed by atoms with Crippen LogP contribution in [0.15, 0.2) is 0 Å². The molecule has 0 radical (unpaired) electrons. The van der Waals surface area contributed by atoms with Crippen molar-refractivity contribution in [2.75, 3.05) is 6.61 Å². The molecule has 0 rings (SSSR count). The summed E-state index contributed by atoms with van der Waals surface area (Å²) in [5, 5.41) is 0. The molecule has 0 aromatic heterocycles. The Labute approximate surface area is 168 Å². The van der Waals surface area contributed by atoms with Gasteiger partial charge in [0.1, 0.15) is 0 Å². The molecule has 2 nitrogen and oxygen atoms in total. The molecule has 0 aromatic carbocycles. The van der Waals surface area contributed by atoms with Gasteiger partial charge in [-0.15, -0.1) is 0 Å². The Balaban J connectivity index is 5.75. The van der Waals surface area contributed by atoms with Gasteiger partial charge in [0.25, 0.3) is 0 Å². The van der Waals surface area contributed by atoms with E-state index < -0.39 is 80.0 Å². The zero-order valence-corrected chi connectivity index (χ0v) is 16.1. The Kier molecular flexibility index (Phi) is 9.14. The molecule has 0 spiro atoms. The topological polar surface area (TPSA) is 26.3 Å². The van der Waals surface area contributed by atoms with Crippen molar-refractivity contribution in [1.82, 2.24) is 0 Å². The minimum absolute atomic E-state index is 0.348. The zero-order valence-electron chi connectivity index (χ0n) is 16.1. The largest absolute Gasteiger partial charge is 0.465 e. The lowest BCUT2D eigenvalue weighted by Crippen LogP contribution is -2.70. The lowest BCUT2D eigenvalue weighted by Gasteiger charge is -2.45. The first-order valence-electron chi connectivity index (χ1n) is 8.74. The number of carbonyl (C=O) groups is 1. The standard InChI is InChI=1S/C16H19F13O2/c1-3-9(2)10(30)31-8-6-4-5-7-11(14(21,22)23,15(24,25)26)12(17,18)13(19,20)16(27,28)29/h9H,3-8H2,1-2H3. The summed E-state index contributed by atoms with van der Waals surface area (Å²) in [5.41, 5.74) is -6.67. The molecule has 1 unspecified atom stereocenters. The Hall–Kier alpha value is -1.44. The van der Waals surface area contributed by atoms with Gasteiger partial charge in [0.2, 0.25) is 5.41 Å². The molecular formula is C16H19F13O2. The maximum atomic E-state index is 13.8. The average Bonchev–Trinajstić information content (AvgIpc) is 2.56. The second kappa shape index (κ2) is 9.59. The lowest BCUT2D eigenvalue weighted by molar-refractivity contribution is -0.461. The summed E-state index contributed by atoms with van der Waals surface area (Å²) in [7, 11) is 0. The first-order chi connectivity index (χ1) is 13.6. The van der Waals surface area contributed by atoms with E-state index in [1.54, 1.807) is 6.92 Å². The highest BCUT2D eigenvalue weighted by molar-refractivity contribution is 5.71. The molecule has 0 aliphatic heterocycles. The SMILES string of the molecule is CCC(C)C(=O)OCCCCCC(C(F)(F)F)(C(F)(F)F)C(F)(F)C(F)(F)C(F)(F)F. The van der Waals surface area contributed by atoms with Crippen molar-refractivity contribution >= 4 is 5.97 Å². The van der Waals surface area contributed by atoms with Crippen molar-refractivity contribution < 1.29 is 66.6 Å². The summed E-state index contributed by atoms with van der Waals surface area (Å²) < 4.78 is 174. The second-order valence-corrected chi connectivity index (χ2v) is 6.83. The van der Waals surface area contributed by atoms with Crippen molar-refractivity contribution in [3.63, 3.8) is 0 Å². The maximum Gasteiger partial charge on any atom is 0.459 e. The van der Waals surface area contributed by atoms with Crippen molar-refractivity contribution in [3.8, 4) is 0 Å². The van der Waals surface area contributed by atoms with Gasteiger partial charge in [0.15, 0.2) is 0 Å². The molecule has 15 heteroatoms. The number of ether oxygens (including phenoxy) is 1. The third-order valence-corrected chi connectivity index (χ3v) is 4.71. The van der Waals surface area contributed by atoms with Gasteiger partial charge in [0, 0.05) is 0 Å². The fourth-order valence-corrected chi connectivity index (χ4v) is 2.55. The van der Waals surface area contributed by atoms with E-state index in [2.05, 4.69) is 4.74 Å². The first-order valence-corrected chi connectivity index (χ1v) is 8.74. The number of halogens is 13. The van der Waals surface area contributed by atoms with E-state index in [1.807, 2.05) is 0 Å². The van der Waals surface area contributed by atoms with E-state index in [-0.39, 0.29) is 0 Å². The van der Waals surface area contributed by atoms with Crippen LogP contribution in [0.1, 0.15) is 46.0 Å². The summed E-state index contributed by atoms with van der Waals surface area (Å²) in [6.45, 7) is 2.53. The fraction of sp³-hybridized carbons (Fsp3) is 0.938. The highest BCUT2D eigenvalue weighted by Gasteiger charge is 2.91. The average molecular weight is 490 g/mol. The van der Waals surface area contributed by atoms with Gasteiger partial charge in [0.05, 0.1) is 12.5 Å². The van der Waals surface area contributed by atoms with E-state index in [1.165, 1.54) is 6.92 Å². The van der Waals surface area contributed by atoms with Crippen molar-refractivity contribution in [2.24, 2.45) is 11.3 Å². The van der Waals surface area contributed by atoms with E-state index in [0.717, 1.165) is 0 Å². The smallest absolute Gasteiger partial charge is 0.459 e. The number of alkyl halides is 13. The van der Waals surface area contributed by atoms with E-state index in [0.29, 0.717) is 6.42 Å². The number of hydrogen-bond donors (Lipinski definition) is 0. The molecule has 0 bridgehead atoms. The van der Waals surface area contributed by atoms with E-state index in [9.17, 15) is 61.9 Å². The van der Waals surface area contributed by atoms with Gasteiger partial charge >= 0.3 is 36.3 Å². The molecule has 0 aliphatic rings. The molecule has 0 N–H and O–H groups in total. The lowest BCUT2D eigenvalue weighted by atomic mass is 9.72. The molecule has 0 saturated carbocycles. The van der Waals surface area contributed by atoms with Crippen LogP contribution in [0, 0.1) is 11.3 Å². The minimum atomic E-state index is -7.63. The Morgan fingerprint density at radius 2 is 1.16 bits per heavy atom. The monoisotopic (exact) mass is 490 g/mol. The third kappa shape index (κ3) is 5.68. The predicted molar refractivity (Wildman–Crippen MR) is 79.4 cm³/mol. The van der Waals surface area contributed by atoms with Crippen LogP contribution in [0.25, 0.3) is 0 Å². The minimum Gasteiger partial charge on any atom is -0.465 e. The summed E-state index contributed by atoms with van der Waals surface area (Å²) in [4.78, 5) is 11.4. The number of rotatable bonds is 10. The van der Waals surface area contributed by atoms with Crippen LogP contribution in [0.3, 0.4) is 0 Å². The Morgan fingerprint density at radius 1 is 0.710 bits per heavy atom. The van der Waals surface area contributed by atoms with Gasteiger partial charge in [-0.3, -0.25) is 4.79 Å². The van der Waals surface area contributed by atoms with Crippen molar-refractivity contribution in [1.29, 1.82) is 0 Å². The zero-order chi connectivity index (χ0) is 25.1. The Bertz CT molecular complexity index is 576. The molecule has 186 valence electrons. The number of esters is 1. The highest BCUT2D eigenvalue weighted by atomic mass is 19.4. The number of unbranched alkanes of at least 4 members (excludes halogenated alkanes) is 2. The molecule has 0 fully saturated rings. The quantitative estimate of drug-likeness (QED) is 0.186. The van der Waals surface area contributed by atoms with Crippen LogP contribution in [0.4, 0.5) is 57.1 Å². The van der Waals surface area contributed by atoms with E-state index in [4.69, 9.17) is 0 Å². The summed E-state index contributed by atoms with van der Waals surface area (Å²) in [6, 6.07) is 0. The molecule has 0 heterocycles. The molecule has 0 aromatic rings. The molecular weight excluding hydrogens is 471 g/mol. The number of hydrogen-bond acceptors (Lipinski definition) is 2. The molecule has 0 amide bonds.